The molecule has 0 bridgehead atoms. The number of likely N-dealkylation sites (tertiary alicyclic amines) is 1. The maximum absolute atomic E-state index is 10.6. The predicted molar refractivity (Wildman–Crippen MR) is 117 cm³/mol. The Labute approximate surface area is 173 Å². The fraction of sp³-hybridized carbons (Fsp3) is 0.400. The Morgan fingerprint density at radius 3 is 2.48 bits per heavy atom. The van der Waals surface area contributed by atoms with Crippen LogP contribution in [-0.2, 0) is 11.3 Å². The molecule has 0 unspecified atom stereocenters. The van der Waals surface area contributed by atoms with E-state index in [0.717, 1.165) is 37.7 Å². The third-order valence-corrected chi connectivity index (χ3v) is 6.20. The van der Waals surface area contributed by atoms with E-state index in [0.29, 0.717) is 12.0 Å². The van der Waals surface area contributed by atoms with Crippen molar-refractivity contribution < 1.29 is 9.90 Å². The molecular weight excluding hydrogens is 360 g/mol. The monoisotopic (exact) mass is 390 g/mol. The molecule has 1 saturated heterocycles. The third kappa shape index (κ3) is 5.78. The molecule has 1 heterocycles. The Morgan fingerprint density at radius 1 is 1.07 bits per heavy atom. The van der Waals surface area contributed by atoms with Crippen LogP contribution in [0.5, 0.6) is 0 Å². The second kappa shape index (κ2) is 9.38. The molecule has 152 valence electrons. The number of aliphatic carboxylic acids is 1. The molecule has 1 aliphatic carbocycles. The van der Waals surface area contributed by atoms with Gasteiger partial charge in [-0.05, 0) is 67.6 Å². The van der Waals surface area contributed by atoms with Gasteiger partial charge >= 0.3 is 5.97 Å². The van der Waals surface area contributed by atoms with Crippen molar-refractivity contribution in [3.05, 3.63) is 77.4 Å². The minimum Gasteiger partial charge on any atom is -0.478 e. The summed E-state index contributed by atoms with van der Waals surface area (Å²) in [4.78, 5) is 13.1. The van der Waals surface area contributed by atoms with Crippen molar-refractivity contribution >= 4 is 12.0 Å². The Bertz CT molecular complexity index is 824. The van der Waals surface area contributed by atoms with Crippen molar-refractivity contribution in [2.24, 2.45) is 5.92 Å². The molecule has 0 radical (unpaired) electrons. The third-order valence-electron chi connectivity index (χ3n) is 6.20. The number of nitrogens with zero attached hydrogens (tertiary/aromatic N) is 1. The number of hydrogen-bond acceptors (Lipinski definition) is 3. The van der Waals surface area contributed by atoms with Gasteiger partial charge in [-0.25, -0.2) is 4.79 Å². The highest BCUT2D eigenvalue weighted by atomic mass is 16.4. The fourth-order valence-corrected chi connectivity index (χ4v) is 4.32. The molecule has 4 nitrogen and oxygen atoms in total. The zero-order valence-corrected chi connectivity index (χ0v) is 16.8. The first-order valence-corrected chi connectivity index (χ1v) is 10.7. The van der Waals surface area contributed by atoms with Gasteiger partial charge in [0.15, 0.2) is 0 Å². The number of piperidine rings is 1. The van der Waals surface area contributed by atoms with Crippen LogP contribution in [0.15, 0.2) is 60.7 Å². The van der Waals surface area contributed by atoms with Gasteiger partial charge in [0.1, 0.15) is 0 Å². The number of nitrogens with one attached hydrogen (secondary N) is 1. The van der Waals surface area contributed by atoms with E-state index >= 15 is 0 Å². The first-order valence-electron chi connectivity index (χ1n) is 10.7. The second-order valence-corrected chi connectivity index (χ2v) is 8.40. The summed E-state index contributed by atoms with van der Waals surface area (Å²) in [6.45, 7) is 4.42. The predicted octanol–water partition coefficient (Wildman–Crippen LogP) is 4.14. The largest absolute Gasteiger partial charge is 0.478 e. The molecule has 0 spiro atoms. The quantitative estimate of drug-likeness (QED) is 0.665. The normalized spacial score (nSPS) is 22.8. The highest BCUT2D eigenvalue weighted by Crippen LogP contribution is 2.40. The van der Waals surface area contributed by atoms with E-state index in [1.54, 1.807) is 6.08 Å². The van der Waals surface area contributed by atoms with Gasteiger partial charge < -0.3 is 10.4 Å². The van der Waals surface area contributed by atoms with E-state index in [-0.39, 0.29) is 0 Å². The molecule has 29 heavy (non-hydrogen) atoms. The van der Waals surface area contributed by atoms with E-state index in [2.05, 4.69) is 52.7 Å². The Kier molecular flexibility index (Phi) is 6.43. The molecule has 2 N–H and O–H groups in total. The fourth-order valence-electron chi connectivity index (χ4n) is 4.32. The van der Waals surface area contributed by atoms with Gasteiger partial charge in [-0.2, -0.15) is 0 Å². The van der Waals surface area contributed by atoms with Gasteiger partial charge in [0, 0.05) is 24.6 Å². The molecule has 4 heteroatoms. The summed E-state index contributed by atoms with van der Waals surface area (Å²) in [5.41, 5.74) is 3.69. The lowest BCUT2D eigenvalue weighted by Gasteiger charge is -2.32. The van der Waals surface area contributed by atoms with Gasteiger partial charge in [-0.15, -0.1) is 0 Å². The van der Waals surface area contributed by atoms with Crippen molar-refractivity contribution in [2.75, 3.05) is 19.6 Å². The molecule has 0 aromatic heterocycles. The van der Waals surface area contributed by atoms with Crippen LogP contribution in [-0.4, -0.2) is 41.7 Å². The maximum atomic E-state index is 10.6. The number of carbonyl (C=O) groups is 1. The van der Waals surface area contributed by atoms with Crippen molar-refractivity contribution in [3.63, 3.8) is 0 Å². The summed E-state index contributed by atoms with van der Waals surface area (Å²) < 4.78 is 0. The van der Waals surface area contributed by atoms with Crippen LogP contribution in [0.2, 0.25) is 0 Å². The van der Waals surface area contributed by atoms with Gasteiger partial charge in [-0.1, -0.05) is 54.6 Å². The molecular formula is C25H30N2O2. The minimum absolute atomic E-state index is 0.670. The van der Waals surface area contributed by atoms with Gasteiger partial charge in [0.25, 0.3) is 0 Å². The Morgan fingerprint density at radius 2 is 1.79 bits per heavy atom. The van der Waals surface area contributed by atoms with Crippen LogP contribution in [0.3, 0.4) is 0 Å². The van der Waals surface area contributed by atoms with Crippen molar-refractivity contribution in [1.29, 1.82) is 0 Å². The maximum Gasteiger partial charge on any atom is 0.328 e. The molecule has 0 amide bonds. The summed E-state index contributed by atoms with van der Waals surface area (Å²) in [5, 5.41) is 12.5. The van der Waals surface area contributed by atoms with Gasteiger partial charge in [-0.3, -0.25) is 4.90 Å². The number of hydrogen-bond donors (Lipinski definition) is 2. The number of rotatable bonds is 8. The average molecular weight is 391 g/mol. The standard InChI is InChI=1S/C25H30N2O2/c28-25(29)11-10-19-6-8-21(9-7-19)18-27-14-12-20(13-15-27)17-26-24-16-23(24)22-4-2-1-3-5-22/h1-11,20,23-24,26H,12-18H2,(H,28,29)/t23-,24+/m0/s1. The molecule has 2 aromatic rings. The minimum atomic E-state index is -0.913. The molecule has 1 aliphatic heterocycles. The highest BCUT2D eigenvalue weighted by molar-refractivity contribution is 5.85. The molecule has 2 atom stereocenters. The zero-order chi connectivity index (χ0) is 20.1. The van der Waals surface area contributed by atoms with Gasteiger partial charge in [0.2, 0.25) is 0 Å². The smallest absolute Gasteiger partial charge is 0.328 e. The zero-order valence-electron chi connectivity index (χ0n) is 16.8. The van der Waals surface area contributed by atoms with Crippen LogP contribution in [0, 0.1) is 5.92 Å². The lowest BCUT2D eigenvalue weighted by Crippen LogP contribution is -2.37. The van der Waals surface area contributed by atoms with E-state index in [1.807, 2.05) is 12.1 Å². The summed E-state index contributed by atoms with van der Waals surface area (Å²) in [6, 6.07) is 19.7. The topological polar surface area (TPSA) is 52.6 Å². The number of carboxylic acids is 1. The summed E-state index contributed by atoms with van der Waals surface area (Å²) in [5.74, 6) is 0.583. The first-order chi connectivity index (χ1) is 14.2. The lowest BCUT2D eigenvalue weighted by molar-refractivity contribution is -0.131. The van der Waals surface area contributed by atoms with Crippen LogP contribution >= 0.6 is 0 Å². The van der Waals surface area contributed by atoms with Crippen molar-refractivity contribution in [1.82, 2.24) is 10.2 Å². The van der Waals surface area contributed by atoms with Crippen LogP contribution in [0.25, 0.3) is 6.08 Å². The highest BCUT2D eigenvalue weighted by Gasteiger charge is 2.38. The molecule has 4 rings (SSSR count). The average Bonchev–Trinajstić information content (AvgIpc) is 3.53. The Hall–Kier alpha value is -2.43. The Balaban J connectivity index is 1.16. The number of benzene rings is 2. The van der Waals surface area contributed by atoms with Gasteiger partial charge in [0.05, 0.1) is 0 Å². The molecule has 2 fully saturated rings. The SMILES string of the molecule is O=C(O)C=Cc1ccc(CN2CCC(CN[C@@H]3C[C@H]3c3ccccc3)CC2)cc1. The molecule has 2 aromatic carbocycles. The van der Waals surface area contributed by atoms with Crippen molar-refractivity contribution in [3.8, 4) is 0 Å². The van der Waals surface area contributed by atoms with E-state index in [1.165, 1.54) is 36.5 Å². The van der Waals surface area contributed by atoms with E-state index in [4.69, 9.17) is 5.11 Å². The van der Waals surface area contributed by atoms with Crippen LogP contribution in [0.1, 0.15) is 41.9 Å². The summed E-state index contributed by atoms with van der Waals surface area (Å²) in [7, 11) is 0. The van der Waals surface area contributed by atoms with Crippen LogP contribution < -0.4 is 5.32 Å². The second-order valence-electron chi connectivity index (χ2n) is 8.40. The summed E-state index contributed by atoms with van der Waals surface area (Å²) >= 11 is 0. The van der Waals surface area contributed by atoms with E-state index < -0.39 is 5.97 Å². The summed E-state index contributed by atoms with van der Waals surface area (Å²) in [6.07, 6.45) is 6.61. The first kappa shape index (κ1) is 19.9. The van der Waals surface area contributed by atoms with E-state index in [9.17, 15) is 4.79 Å². The van der Waals surface area contributed by atoms with Crippen LogP contribution in [0.4, 0.5) is 0 Å². The molecule has 1 saturated carbocycles. The number of carboxylic acid groups (broad SMARTS) is 1. The van der Waals surface area contributed by atoms with Crippen molar-refractivity contribution in [2.45, 2.75) is 37.8 Å². The molecule has 2 aliphatic rings. The lowest BCUT2D eigenvalue weighted by atomic mass is 9.96.